The van der Waals surface area contributed by atoms with Gasteiger partial charge in [-0.1, -0.05) is 13.8 Å². The van der Waals surface area contributed by atoms with Crippen LogP contribution in [0.25, 0.3) is 0 Å². The van der Waals surface area contributed by atoms with Gasteiger partial charge in [0, 0.05) is 29.7 Å². The van der Waals surface area contributed by atoms with E-state index in [1.165, 1.54) is 0 Å². The van der Waals surface area contributed by atoms with E-state index in [1.54, 1.807) is 13.8 Å². The molecule has 1 aromatic rings. The number of hydrogen-bond acceptors (Lipinski definition) is 4. The van der Waals surface area contributed by atoms with Crippen molar-refractivity contribution in [2.75, 3.05) is 6.61 Å². The Morgan fingerprint density at radius 1 is 1.32 bits per heavy atom. The fourth-order valence-corrected chi connectivity index (χ4v) is 4.39. The molecule has 2 fully saturated rings. The molecule has 138 valence electrons. The van der Waals surface area contributed by atoms with Crippen molar-refractivity contribution in [3.63, 3.8) is 0 Å². The van der Waals surface area contributed by atoms with Gasteiger partial charge in [0.1, 0.15) is 5.69 Å². The minimum Gasteiger partial charge on any atom is -0.459 e. The van der Waals surface area contributed by atoms with Gasteiger partial charge in [-0.15, -0.1) is 0 Å². The summed E-state index contributed by atoms with van der Waals surface area (Å²) in [6, 6.07) is 0.0848. The summed E-state index contributed by atoms with van der Waals surface area (Å²) in [5.74, 6) is -0.193. The summed E-state index contributed by atoms with van der Waals surface area (Å²) < 4.78 is 11.1. The number of nitrogens with one attached hydrogen (secondary N) is 2. The van der Waals surface area contributed by atoms with Crippen molar-refractivity contribution < 1.29 is 19.1 Å². The van der Waals surface area contributed by atoms with Crippen molar-refractivity contribution in [1.82, 2.24) is 10.3 Å². The number of H-pyrrole nitrogens is 1. The van der Waals surface area contributed by atoms with Gasteiger partial charge in [-0.25, -0.2) is 4.79 Å². The van der Waals surface area contributed by atoms with Gasteiger partial charge >= 0.3 is 5.97 Å². The van der Waals surface area contributed by atoms with Gasteiger partial charge < -0.3 is 19.8 Å². The highest BCUT2D eigenvalue weighted by atomic mass is 16.5. The predicted octanol–water partition coefficient (Wildman–Crippen LogP) is 2.74. The molecule has 0 bridgehead atoms. The Morgan fingerprint density at radius 3 is 2.64 bits per heavy atom. The first-order valence-electron chi connectivity index (χ1n) is 8.97. The highest BCUT2D eigenvalue weighted by Gasteiger charge is 2.59. The first-order chi connectivity index (χ1) is 11.6. The lowest BCUT2D eigenvalue weighted by Crippen LogP contribution is -2.66. The second-order valence-electron chi connectivity index (χ2n) is 8.10. The second kappa shape index (κ2) is 6.16. The molecule has 6 nitrogen and oxygen atoms in total. The molecule has 2 aliphatic rings. The third-order valence-electron chi connectivity index (χ3n) is 5.60. The van der Waals surface area contributed by atoms with Gasteiger partial charge in [-0.2, -0.15) is 0 Å². The van der Waals surface area contributed by atoms with E-state index in [9.17, 15) is 9.59 Å². The maximum absolute atomic E-state index is 12.8. The molecule has 0 radical (unpaired) electrons. The molecule has 1 aliphatic carbocycles. The monoisotopic (exact) mass is 348 g/mol. The zero-order valence-electron chi connectivity index (χ0n) is 15.9. The van der Waals surface area contributed by atoms with Gasteiger partial charge in [0.2, 0.25) is 0 Å². The lowest BCUT2D eigenvalue weighted by molar-refractivity contribution is -0.108. The van der Waals surface area contributed by atoms with E-state index in [2.05, 4.69) is 24.1 Å². The zero-order valence-corrected chi connectivity index (χ0v) is 15.9. The molecule has 3 rings (SSSR count). The topological polar surface area (TPSA) is 80.4 Å². The van der Waals surface area contributed by atoms with Crippen LogP contribution in [0.1, 0.15) is 66.2 Å². The van der Waals surface area contributed by atoms with E-state index in [0.29, 0.717) is 28.4 Å². The van der Waals surface area contributed by atoms with Gasteiger partial charge in [-0.3, -0.25) is 4.79 Å². The molecular formula is C19H28N2O4. The normalized spacial score (nSPS) is 26.9. The zero-order chi connectivity index (χ0) is 18.5. The van der Waals surface area contributed by atoms with Crippen LogP contribution in [0.3, 0.4) is 0 Å². The number of amides is 1. The molecule has 1 amide bonds. The standard InChI is InChI=1S/C19H28N2O4/c1-9(2)25-18(23)13-10(3)14(20-11(13)4)17(22)21-15-12-7-8-24-16(12)19(15,5)6/h9,12,15-16,20H,7-8H2,1-6H3,(H,21,22)/t12-,15-,16-/m1/s1. The summed E-state index contributed by atoms with van der Waals surface area (Å²) in [6.07, 6.45) is 1.00. The molecule has 1 saturated heterocycles. The molecular weight excluding hydrogens is 320 g/mol. The molecule has 2 heterocycles. The van der Waals surface area contributed by atoms with Crippen molar-refractivity contribution in [3.8, 4) is 0 Å². The van der Waals surface area contributed by atoms with Gasteiger partial charge in [0.05, 0.1) is 17.8 Å². The summed E-state index contributed by atoms with van der Waals surface area (Å²) in [7, 11) is 0. The van der Waals surface area contributed by atoms with Crippen LogP contribution in [0.4, 0.5) is 0 Å². The van der Waals surface area contributed by atoms with Crippen LogP contribution in [0, 0.1) is 25.2 Å². The van der Waals surface area contributed by atoms with Crippen molar-refractivity contribution in [2.45, 2.75) is 66.2 Å². The minimum absolute atomic E-state index is 0.0776. The van der Waals surface area contributed by atoms with Crippen LogP contribution in [0.5, 0.6) is 0 Å². The van der Waals surface area contributed by atoms with E-state index in [1.807, 2.05) is 13.8 Å². The number of fused-ring (bicyclic) bond motifs is 1. The number of carbonyl (C=O) groups is 2. The molecule has 1 aliphatic heterocycles. The number of aromatic amines is 1. The average Bonchev–Trinajstić information content (AvgIpc) is 3.07. The van der Waals surface area contributed by atoms with Crippen molar-refractivity contribution in [3.05, 3.63) is 22.5 Å². The van der Waals surface area contributed by atoms with Crippen molar-refractivity contribution in [2.24, 2.45) is 11.3 Å². The average molecular weight is 348 g/mol. The van der Waals surface area contributed by atoms with Gasteiger partial charge in [0.25, 0.3) is 5.91 Å². The fraction of sp³-hybridized carbons (Fsp3) is 0.684. The van der Waals surface area contributed by atoms with Crippen LogP contribution < -0.4 is 5.32 Å². The Labute approximate surface area is 148 Å². The number of carbonyl (C=O) groups excluding carboxylic acids is 2. The Balaban J connectivity index is 1.78. The summed E-state index contributed by atoms with van der Waals surface area (Å²) in [4.78, 5) is 28.2. The third-order valence-corrected chi connectivity index (χ3v) is 5.60. The van der Waals surface area contributed by atoms with Crippen LogP contribution >= 0.6 is 0 Å². The van der Waals surface area contributed by atoms with Gasteiger partial charge in [0.15, 0.2) is 0 Å². The molecule has 1 saturated carbocycles. The van der Waals surface area contributed by atoms with E-state index < -0.39 is 5.97 Å². The van der Waals surface area contributed by atoms with E-state index in [0.717, 1.165) is 13.0 Å². The summed E-state index contributed by atoms with van der Waals surface area (Å²) in [6.45, 7) is 12.2. The summed E-state index contributed by atoms with van der Waals surface area (Å²) in [5.41, 5.74) is 2.10. The lowest BCUT2D eigenvalue weighted by atomic mass is 9.57. The maximum Gasteiger partial charge on any atom is 0.340 e. The quantitative estimate of drug-likeness (QED) is 0.820. The van der Waals surface area contributed by atoms with Gasteiger partial charge in [-0.05, 0) is 39.7 Å². The summed E-state index contributed by atoms with van der Waals surface area (Å²) >= 11 is 0. The number of ether oxygens (including phenoxy) is 2. The Morgan fingerprint density at radius 2 is 2.00 bits per heavy atom. The predicted molar refractivity (Wildman–Crippen MR) is 93.7 cm³/mol. The molecule has 2 N–H and O–H groups in total. The first kappa shape index (κ1) is 18.0. The van der Waals surface area contributed by atoms with Crippen LogP contribution in [-0.2, 0) is 9.47 Å². The SMILES string of the molecule is Cc1[nH]c(C(=O)N[C@@H]2[C@H]3CCO[C@H]3C2(C)C)c(C)c1C(=O)OC(C)C. The smallest absolute Gasteiger partial charge is 0.340 e. The minimum atomic E-state index is -0.395. The number of aromatic nitrogens is 1. The molecule has 6 heteroatoms. The van der Waals surface area contributed by atoms with E-state index in [-0.39, 0.29) is 29.6 Å². The van der Waals surface area contributed by atoms with Crippen LogP contribution in [-0.4, -0.2) is 41.7 Å². The Bertz CT molecular complexity index is 705. The Hall–Kier alpha value is -1.82. The molecule has 0 aromatic carbocycles. The van der Waals surface area contributed by atoms with E-state index >= 15 is 0 Å². The van der Waals surface area contributed by atoms with Crippen LogP contribution in [0.2, 0.25) is 0 Å². The lowest BCUT2D eigenvalue weighted by Gasteiger charge is -2.54. The number of hydrogen-bond donors (Lipinski definition) is 2. The van der Waals surface area contributed by atoms with E-state index in [4.69, 9.17) is 9.47 Å². The number of rotatable bonds is 4. The summed E-state index contributed by atoms with van der Waals surface area (Å²) in [5, 5.41) is 3.15. The first-order valence-corrected chi connectivity index (χ1v) is 8.97. The molecule has 1 aromatic heterocycles. The molecule has 3 atom stereocenters. The highest BCUT2D eigenvalue weighted by molar-refractivity contribution is 6.00. The number of aryl methyl sites for hydroxylation is 1. The van der Waals surface area contributed by atoms with Crippen LogP contribution in [0.15, 0.2) is 0 Å². The third kappa shape index (κ3) is 2.86. The Kier molecular flexibility index (Phi) is 4.43. The largest absolute Gasteiger partial charge is 0.459 e. The maximum atomic E-state index is 12.8. The fourth-order valence-electron chi connectivity index (χ4n) is 4.39. The number of esters is 1. The van der Waals surface area contributed by atoms with Crippen molar-refractivity contribution in [1.29, 1.82) is 0 Å². The van der Waals surface area contributed by atoms with Crippen molar-refractivity contribution >= 4 is 11.9 Å². The highest BCUT2D eigenvalue weighted by Crippen LogP contribution is 2.52. The molecule has 25 heavy (non-hydrogen) atoms. The molecule has 0 unspecified atom stereocenters. The molecule has 0 spiro atoms. The second-order valence-corrected chi connectivity index (χ2v) is 8.10.